The molecule has 25 heavy (non-hydrogen) atoms. The topological polar surface area (TPSA) is 79.4 Å². The van der Waals surface area contributed by atoms with E-state index in [0.29, 0.717) is 65.3 Å². The van der Waals surface area contributed by atoms with Gasteiger partial charge in [-0.1, -0.05) is 0 Å². The summed E-state index contributed by atoms with van der Waals surface area (Å²) in [5, 5.41) is 0. The van der Waals surface area contributed by atoms with E-state index in [2.05, 4.69) is 0 Å². The molecular weight excluding hydrogens is 346 g/mol. The average molecular weight is 375 g/mol. The third-order valence-corrected chi connectivity index (χ3v) is 7.13. The second kappa shape index (κ2) is 7.87. The normalized spacial score (nSPS) is 31.2. The van der Waals surface area contributed by atoms with Crippen molar-refractivity contribution in [1.82, 2.24) is 13.5 Å². The molecule has 1 amide bonds. The molecule has 3 aliphatic heterocycles. The van der Waals surface area contributed by atoms with Crippen LogP contribution in [-0.4, -0.2) is 92.5 Å². The Kier molecular flexibility index (Phi) is 5.99. The summed E-state index contributed by atoms with van der Waals surface area (Å²) in [7, 11) is -3.48. The maximum Gasteiger partial charge on any atom is 0.282 e. The fraction of sp³-hybridized carbons (Fsp3) is 0.938. The van der Waals surface area contributed by atoms with Crippen molar-refractivity contribution >= 4 is 16.1 Å². The molecule has 0 aromatic heterocycles. The summed E-state index contributed by atoms with van der Waals surface area (Å²) in [6.07, 6.45) is 0.980. The predicted molar refractivity (Wildman–Crippen MR) is 92.2 cm³/mol. The van der Waals surface area contributed by atoms with Gasteiger partial charge in [-0.3, -0.25) is 4.79 Å². The lowest BCUT2D eigenvalue weighted by Crippen LogP contribution is -2.55. The van der Waals surface area contributed by atoms with Gasteiger partial charge in [-0.05, 0) is 26.7 Å². The van der Waals surface area contributed by atoms with Crippen molar-refractivity contribution in [2.24, 2.45) is 5.92 Å². The number of piperidine rings is 1. The summed E-state index contributed by atoms with van der Waals surface area (Å²) < 4.78 is 39.8. The highest BCUT2D eigenvalue weighted by Gasteiger charge is 2.38. The summed E-state index contributed by atoms with van der Waals surface area (Å²) in [6.45, 7) is 7.84. The molecule has 9 heteroatoms. The Morgan fingerprint density at radius 3 is 2.04 bits per heavy atom. The van der Waals surface area contributed by atoms with Crippen LogP contribution in [0.2, 0.25) is 0 Å². The number of amides is 1. The van der Waals surface area contributed by atoms with E-state index >= 15 is 0 Å². The lowest BCUT2D eigenvalue weighted by Gasteiger charge is -2.40. The smallest absolute Gasteiger partial charge is 0.282 e. The zero-order chi connectivity index (χ0) is 18.0. The van der Waals surface area contributed by atoms with E-state index in [0.717, 1.165) is 0 Å². The zero-order valence-electron chi connectivity index (χ0n) is 15.1. The van der Waals surface area contributed by atoms with Crippen LogP contribution < -0.4 is 0 Å². The summed E-state index contributed by atoms with van der Waals surface area (Å²) in [5.74, 6) is 0.0704. The van der Waals surface area contributed by atoms with Crippen LogP contribution in [0.3, 0.4) is 0 Å². The van der Waals surface area contributed by atoms with E-state index < -0.39 is 10.2 Å². The Labute approximate surface area is 150 Å². The Balaban J connectivity index is 1.56. The van der Waals surface area contributed by atoms with Gasteiger partial charge in [-0.25, -0.2) is 0 Å². The van der Waals surface area contributed by atoms with E-state index in [1.54, 1.807) is 0 Å². The maximum absolute atomic E-state index is 12.9. The fourth-order valence-corrected chi connectivity index (χ4v) is 5.65. The van der Waals surface area contributed by atoms with Gasteiger partial charge in [-0.2, -0.15) is 17.0 Å². The summed E-state index contributed by atoms with van der Waals surface area (Å²) in [4.78, 5) is 14.4. The van der Waals surface area contributed by atoms with Crippen LogP contribution in [0.5, 0.6) is 0 Å². The van der Waals surface area contributed by atoms with Crippen LogP contribution in [0.4, 0.5) is 0 Å². The molecule has 144 valence electrons. The van der Waals surface area contributed by atoms with Gasteiger partial charge in [-0.15, -0.1) is 0 Å². The van der Waals surface area contributed by atoms with Gasteiger partial charge in [0.15, 0.2) is 0 Å². The molecule has 0 bridgehead atoms. The van der Waals surface area contributed by atoms with Gasteiger partial charge in [0.1, 0.15) is 0 Å². The van der Waals surface area contributed by atoms with Crippen molar-refractivity contribution in [3.8, 4) is 0 Å². The molecule has 8 nitrogen and oxygen atoms in total. The largest absolute Gasteiger partial charge is 0.378 e. The first-order chi connectivity index (χ1) is 11.9. The standard InChI is InChI=1S/C16H29N3O5S/c1-13-11-19(12-14(2)24-13)25(21,22)18-5-3-15(4-6-18)16(20)17-7-9-23-10-8-17/h13-15H,3-12H2,1-2H3. The minimum absolute atomic E-state index is 0.0768. The highest BCUT2D eigenvalue weighted by atomic mass is 32.2. The number of carbonyl (C=O) groups is 1. The predicted octanol–water partition coefficient (Wildman–Crippen LogP) is -0.0888. The van der Waals surface area contributed by atoms with Crippen LogP contribution in [-0.2, 0) is 24.5 Å². The molecule has 0 N–H and O–H groups in total. The van der Waals surface area contributed by atoms with Crippen molar-refractivity contribution in [2.75, 3.05) is 52.5 Å². The molecule has 3 fully saturated rings. The van der Waals surface area contributed by atoms with Gasteiger partial charge in [0.25, 0.3) is 10.2 Å². The minimum atomic E-state index is -3.48. The Morgan fingerprint density at radius 2 is 1.48 bits per heavy atom. The Morgan fingerprint density at radius 1 is 0.920 bits per heavy atom. The molecule has 3 saturated heterocycles. The minimum Gasteiger partial charge on any atom is -0.378 e. The van der Waals surface area contributed by atoms with Crippen LogP contribution in [0.25, 0.3) is 0 Å². The quantitative estimate of drug-likeness (QED) is 0.689. The number of morpholine rings is 2. The van der Waals surface area contributed by atoms with Crippen molar-refractivity contribution < 1.29 is 22.7 Å². The number of ether oxygens (including phenoxy) is 2. The molecule has 0 saturated carbocycles. The van der Waals surface area contributed by atoms with Crippen LogP contribution in [0.1, 0.15) is 26.7 Å². The molecule has 0 aromatic rings. The molecule has 3 rings (SSSR count). The lowest BCUT2D eigenvalue weighted by molar-refractivity contribution is -0.140. The first-order valence-corrected chi connectivity index (χ1v) is 10.5. The zero-order valence-corrected chi connectivity index (χ0v) is 15.9. The number of hydrogen-bond donors (Lipinski definition) is 0. The number of carbonyl (C=O) groups excluding carboxylic acids is 1. The molecule has 3 aliphatic rings. The fourth-order valence-electron chi connectivity index (χ4n) is 3.86. The number of hydrogen-bond acceptors (Lipinski definition) is 5. The Bertz CT molecular complexity index is 560. The molecule has 2 atom stereocenters. The van der Waals surface area contributed by atoms with Crippen molar-refractivity contribution in [3.05, 3.63) is 0 Å². The summed E-state index contributed by atoms with van der Waals surface area (Å²) in [5.41, 5.74) is 0. The van der Waals surface area contributed by atoms with Crippen LogP contribution in [0, 0.1) is 5.92 Å². The van der Waals surface area contributed by atoms with E-state index in [4.69, 9.17) is 9.47 Å². The maximum atomic E-state index is 12.9. The number of nitrogens with zero attached hydrogens (tertiary/aromatic N) is 3. The summed E-state index contributed by atoms with van der Waals surface area (Å²) in [6, 6.07) is 0. The molecular formula is C16H29N3O5S. The first-order valence-electron chi connectivity index (χ1n) is 9.15. The van der Waals surface area contributed by atoms with Crippen molar-refractivity contribution in [1.29, 1.82) is 0 Å². The second-order valence-electron chi connectivity index (χ2n) is 7.19. The molecule has 3 heterocycles. The van der Waals surface area contributed by atoms with Crippen molar-refractivity contribution in [2.45, 2.75) is 38.9 Å². The van der Waals surface area contributed by atoms with E-state index in [1.165, 1.54) is 8.61 Å². The summed E-state index contributed by atoms with van der Waals surface area (Å²) >= 11 is 0. The third-order valence-electron chi connectivity index (χ3n) is 5.16. The molecule has 0 aromatic carbocycles. The molecule has 2 unspecified atom stereocenters. The van der Waals surface area contributed by atoms with Crippen LogP contribution in [0.15, 0.2) is 0 Å². The SMILES string of the molecule is CC1CN(S(=O)(=O)N2CCC(C(=O)N3CCOCC3)CC2)CC(C)O1. The molecule has 0 spiro atoms. The Hall–Kier alpha value is -0.740. The van der Waals surface area contributed by atoms with Gasteiger partial charge < -0.3 is 14.4 Å². The third kappa shape index (κ3) is 4.33. The first kappa shape index (κ1) is 19.0. The lowest BCUT2D eigenvalue weighted by atomic mass is 9.96. The molecule has 0 aliphatic carbocycles. The van der Waals surface area contributed by atoms with E-state index in [1.807, 2.05) is 18.7 Å². The van der Waals surface area contributed by atoms with Crippen molar-refractivity contribution in [3.63, 3.8) is 0 Å². The van der Waals surface area contributed by atoms with Crippen LogP contribution >= 0.6 is 0 Å². The highest BCUT2D eigenvalue weighted by molar-refractivity contribution is 7.86. The van der Waals surface area contributed by atoms with Gasteiger partial charge in [0, 0.05) is 45.2 Å². The van der Waals surface area contributed by atoms with E-state index in [9.17, 15) is 13.2 Å². The number of rotatable bonds is 3. The van der Waals surface area contributed by atoms with Gasteiger partial charge in [0.2, 0.25) is 5.91 Å². The van der Waals surface area contributed by atoms with Gasteiger partial charge >= 0.3 is 0 Å². The van der Waals surface area contributed by atoms with E-state index in [-0.39, 0.29) is 24.0 Å². The van der Waals surface area contributed by atoms with Gasteiger partial charge in [0.05, 0.1) is 25.4 Å². The average Bonchev–Trinajstić information content (AvgIpc) is 2.61. The highest BCUT2D eigenvalue weighted by Crippen LogP contribution is 2.25. The molecule has 0 radical (unpaired) electrons. The second-order valence-corrected chi connectivity index (χ2v) is 9.12. The monoisotopic (exact) mass is 375 g/mol.